The minimum atomic E-state index is 0.583. The van der Waals surface area contributed by atoms with Crippen molar-refractivity contribution in [3.63, 3.8) is 0 Å². The molecule has 1 fully saturated rings. The molecule has 1 N–H and O–H groups in total. The lowest BCUT2D eigenvalue weighted by molar-refractivity contribution is 0.311. The predicted molar refractivity (Wildman–Crippen MR) is 93.2 cm³/mol. The molecule has 0 radical (unpaired) electrons. The summed E-state index contributed by atoms with van der Waals surface area (Å²) in [5.41, 5.74) is 1.36. The largest absolute Gasteiger partial charge is 0.338 e. The van der Waals surface area contributed by atoms with Crippen molar-refractivity contribution >= 4 is 17.7 Å². The number of aryl methyl sites for hydroxylation is 1. The fourth-order valence-electron chi connectivity index (χ4n) is 2.81. The topological polar surface area (TPSA) is 69.5 Å². The van der Waals surface area contributed by atoms with E-state index in [1.165, 1.54) is 5.57 Å². The number of piperazine rings is 1. The molecule has 1 aromatic heterocycles. The van der Waals surface area contributed by atoms with E-state index in [-0.39, 0.29) is 0 Å². The van der Waals surface area contributed by atoms with Gasteiger partial charge in [-0.25, -0.2) is 0 Å². The average molecular weight is 315 g/mol. The van der Waals surface area contributed by atoms with E-state index in [1.54, 1.807) is 0 Å². The molecule has 23 heavy (non-hydrogen) atoms. The van der Waals surface area contributed by atoms with Crippen molar-refractivity contribution in [3.05, 3.63) is 17.5 Å². The van der Waals surface area contributed by atoms with Gasteiger partial charge in [0.05, 0.1) is 6.54 Å². The van der Waals surface area contributed by atoms with Crippen LogP contribution in [-0.4, -0.2) is 65.5 Å². The normalized spacial score (nSPS) is 18.8. The third-order valence-corrected chi connectivity index (χ3v) is 4.13. The van der Waals surface area contributed by atoms with Crippen LogP contribution in [0, 0.1) is 6.92 Å². The minimum Gasteiger partial charge on any atom is -0.338 e. The molecule has 124 valence electrons. The van der Waals surface area contributed by atoms with Gasteiger partial charge in [0, 0.05) is 26.2 Å². The SMILES string of the molecule is CCCC1=CC(Nc2nc(C)nc(N3CCN(C)CC3)n2)=NC1. The summed E-state index contributed by atoms with van der Waals surface area (Å²) in [6.45, 7) is 8.82. The Morgan fingerprint density at radius 1 is 1.13 bits per heavy atom. The molecule has 3 heterocycles. The maximum Gasteiger partial charge on any atom is 0.233 e. The highest BCUT2D eigenvalue weighted by Crippen LogP contribution is 2.15. The van der Waals surface area contributed by atoms with E-state index in [4.69, 9.17) is 0 Å². The highest BCUT2D eigenvalue weighted by molar-refractivity contribution is 6.04. The van der Waals surface area contributed by atoms with Gasteiger partial charge in [0.25, 0.3) is 0 Å². The molecule has 0 spiro atoms. The van der Waals surface area contributed by atoms with Crippen molar-refractivity contribution in [2.75, 3.05) is 50.0 Å². The third-order valence-electron chi connectivity index (χ3n) is 4.13. The lowest BCUT2D eigenvalue weighted by Gasteiger charge is -2.32. The Morgan fingerprint density at radius 2 is 1.91 bits per heavy atom. The van der Waals surface area contributed by atoms with Crippen LogP contribution in [0.15, 0.2) is 16.6 Å². The van der Waals surface area contributed by atoms with E-state index in [9.17, 15) is 0 Å². The molecule has 0 unspecified atom stereocenters. The summed E-state index contributed by atoms with van der Waals surface area (Å²) in [5.74, 6) is 2.92. The maximum absolute atomic E-state index is 4.58. The van der Waals surface area contributed by atoms with Crippen LogP contribution >= 0.6 is 0 Å². The number of anilines is 2. The molecule has 0 saturated carbocycles. The summed E-state index contributed by atoms with van der Waals surface area (Å²) >= 11 is 0. The summed E-state index contributed by atoms with van der Waals surface area (Å²) in [6, 6.07) is 0. The second-order valence-electron chi connectivity index (χ2n) is 6.18. The number of amidine groups is 1. The number of likely N-dealkylation sites (N-methyl/N-ethyl adjacent to an activating group) is 1. The Hall–Kier alpha value is -2.02. The molecule has 0 aliphatic carbocycles. The minimum absolute atomic E-state index is 0.583. The number of rotatable bonds is 4. The maximum atomic E-state index is 4.58. The smallest absolute Gasteiger partial charge is 0.233 e. The molecular weight excluding hydrogens is 290 g/mol. The van der Waals surface area contributed by atoms with Crippen molar-refractivity contribution in [1.82, 2.24) is 19.9 Å². The Bertz CT molecular complexity index is 615. The summed E-state index contributed by atoms with van der Waals surface area (Å²) in [6.07, 6.45) is 4.35. The van der Waals surface area contributed by atoms with Gasteiger partial charge in [-0.3, -0.25) is 4.99 Å². The summed E-state index contributed by atoms with van der Waals surface area (Å²) in [4.78, 5) is 22.5. The number of hydrogen-bond acceptors (Lipinski definition) is 7. The van der Waals surface area contributed by atoms with E-state index >= 15 is 0 Å². The lowest BCUT2D eigenvalue weighted by Crippen LogP contribution is -2.45. The zero-order chi connectivity index (χ0) is 16.2. The van der Waals surface area contributed by atoms with Gasteiger partial charge in [-0.1, -0.05) is 13.3 Å². The zero-order valence-electron chi connectivity index (χ0n) is 14.2. The van der Waals surface area contributed by atoms with Crippen LogP contribution in [0.2, 0.25) is 0 Å². The first-order chi connectivity index (χ1) is 11.1. The van der Waals surface area contributed by atoms with Crippen LogP contribution in [0.4, 0.5) is 11.9 Å². The van der Waals surface area contributed by atoms with Crippen LogP contribution < -0.4 is 10.2 Å². The summed E-state index contributed by atoms with van der Waals surface area (Å²) in [7, 11) is 2.14. The molecule has 0 bridgehead atoms. The second-order valence-corrected chi connectivity index (χ2v) is 6.18. The second kappa shape index (κ2) is 7.04. The average Bonchev–Trinajstić information content (AvgIpc) is 2.95. The van der Waals surface area contributed by atoms with Gasteiger partial charge in [0.2, 0.25) is 11.9 Å². The Labute approximate surface area is 137 Å². The van der Waals surface area contributed by atoms with Crippen molar-refractivity contribution in [2.45, 2.75) is 26.7 Å². The van der Waals surface area contributed by atoms with E-state index in [2.05, 4.69) is 55.1 Å². The molecule has 0 aromatic carbocycles. The van der Waals surface area contributed by atoms with Gasteiger partial charge in [0.1, 0.15) is 11.7 Å². The van der Waals surface area contributed by atoms with Crippen LogP contribution in [0.25, 0.3) is 0 Å². The Morgan fingerprint density at radius 3 is 2.65 bits per heavy atom. The number of nitrogens with zero attached hydrogens (tertiary/aromatic N) is 6. The van der Waals surface area contributed by atoms with Crippen molar-refractivity contribution in [2.24, 2.45) is 4.99 Å². The first-order valence-corrected chi connectivity index (χ1v) is 8.31. The van der Waals surface area contributed by atoms with Gasteiger partial charge in [-0.15, -0.1) is 0 Å². The summed E-state index contributed by atoms with van der Waals surface area (Å²) < 4.78 is 0. The van der Waals surface area contributed by atoms with Gasteiger partial charge < -0.3 is 15.1 Å². The van der Waals surface area contributed by atoms with Gasteiger partial charge in [-0.05, 0) is 32.0 Å². The Kier molecular flexibility index (Phi) is 4.85. The number of hydrogen-bond donors (Lipinski definition) is 1. The molecule has 1 aromatic rings. The number of aliphatic imine (C=N–C) groups is 1. The van der Waals surface area contributed by atoms with Gasteiger partial charge >= 0.3 is 0 Å². The molecule has 2 aliphatic rings. The molecule has 7 heteroatoms. The van der Waals surface area contributed by atoms with Crippen molar-refractivity contribution in [1.29, 1.82) is 0 Å². The first-order valence-electron chi connectivity index (χ1n) is 8.31. The van der Waals surface area contributed by atoms with E-state index in [0.717, 1.165) is 63.2 Å². The fourth-order valence-corrected chi connectivity index (χ4v) is 2.81. The Balaban J connectivity index is 1.71. The van der Waals surface area contributed by atoms with E-state index in [0.29, 0.717) is 5.95 Å². The monoisotopic (exact) mass is 315 g/mol. The van der Waals surface area contributed by atoms with Crippen LogP contribution in [0.1, 0.15) is 25.6 Å². The predicted octanol–water partition coefficient (Wildman–Crippen LogP) is 1.48. The molecule has 2 aliphatic heterocycles. The van der Waals surface area contributed by atoms with Crippen LogP contribution in [0.5, 0.6) is 0 Å². The zero-order valence-corrected chi connectivity index (χ0v) is 14.2. The van der Waals surface area contributed by atoms with Crippen molar-refractivity contribution < 1.29 is 0 Å². The lowest BCUT2D eigenvalue weighted by atomic mass is 10.1. The van der Waals surface area contributed by atoms with Crippen LogP contribution in [0.3, 0.4) is 0 Å². The number of aromatic nitrogens is 3. The van der Waals surface area contributed by atoms with Crippen molar-refractivity contribution in [3.8, 4) is 0 Å². The summed E-state index contributed by atoms with van der Waals surface area (Å²) in [5, 5.41) is 3.23. The molecule has 0 atom stereocenters. The highest BCUT2D eigenvalue weighted by atomic mass is 15.3. The van der Waals surface area contributed by atoms with Crippen LogP contribution in [-0.2, 0) is 0 Å². The quantitative estimate of drug-likeness (QED) is 0.907. The van der Waals surface area contributed by atoms with E-state index in [1.807, 2.05) is 6.92 Å². The van der Waals surface area contributed by atoms with Gasteiger partial charge in [-0.2, -0.15) is 15.0 Å². The standard InChI is InChI=1S/C16H25N7/c1-4-5-13-10-14(17-11-13)20-15-18-12(2)19-16(21-15)23-8-6-22(3)7-9-23/h10H,4-9,11H2,1-3H3,(H,17,18,19,20,21). The molecular formula is C16H25N7. The molecule has 7 nitrogen and oxygen atoms in total. The van der Waals surface area contributed by atoms with E-state index < -0.39 is 0 Å². The molecule has 1 saturated heterocycles. The molecule has 0 amide bonds. The highest BCUT2D eigenvalue weighted by Gasteiger charge is 2.18. The first kappa shape index (κ1) is 15.9. The van der Waals surface area contributed by atoms with Gasteiger partial charge in [0.15, 0.2) is 0 Å². The molecule has 3 rings (SSSR count). The number of nitrogens with one attached hydrogen (secondary N) is 1. The fraction of sp³-hybridized carbons (Fsp3) is 0.625. The third kappa shape index (κ3) is 4.04.